The lowest BCUT2D eigenvalue weighted by molar-refractivity contribution is -0.137. The van der Waals surface area contributed by atoms with Gasteiger partial charge < -0.3 is 5.11 Å². The van der Waals surface area contributed by atoms with Crippen LogP contribution in [0.5, 0.6) is 0 Å². The second kappa shape index (κ2) is 6.31. The number of hydrogen-bond acceptors (Lipinski definition) is 3. The van der Waals surface area contributed by atoms with E-state index in [0.29, 0.717) is 5.75 Å². The molecule has 0 aliphatic carbocycles. The van der Waals surface area contributed by atoms with E-state index in [9.17, 15) is 9.00 Å². The summed E-state index contributed by atoms with van der Waals surface area (Å²) in [6.45, 7) is 5.66. The molecule has 0 aromatic carbocycles. The van der Waals surface area contributed by atoms with E-state index in [1.165, 1.54) is 4.88 Å². The third-order valence-electron chi connectivity index (χ3n) is 2.48. The van der Waals surface area contributed by atoms with Crippen LogP contribution in [0.2, 0.25) is 0 Å². The molecule has 1 rings (SSSR count). The topological polar surface area (TPSA) is 54.4 Å². The molecule has 0 bridgehead atoms. The van der Waals surface area contributed by atoms with Gasteiger partial charge >= 0.3 is 5.97 Å². The Hall–Kier alpha value is -0.680. The summed E-state index contributed by atoms with van der Waals surface area (Å²) < 4.78 is 12.0. The zero-order chi connectivity index (χ0) is 13.0. The average Bonchev–Trinajstić information content (AvgIpc) is 2.64. The van der Waals surface area contributed by atoms with Crippen molar-refractivity contribution in [3.63, 3.8) is 0 Å². The summed E-state index contributed by atoms with van der Waals surface area (Å²) in [5.41, 5.74) is 0. The number of carbonyl (C=O) groups is 1. The first-order chi connectivity index (χ1) is 7.95. The summed E-state index contributed by atoms with van der Waals surface area (Å²) in [7, 11) is -1.35. The molecule has 3 nitrogen and oxygen atoms in total. The van der Waals surface area contributed by atoms with Crippen molar-refractivity contribution < 1.29 is 14.1 Å². The molecule has 5 heteroatoms. The van der Waals surface area contributed by atoms with Crippen molar-refractivity contribution in [2.75, 3.05) is 0 Å². The lowest BCUT2D eigenvalue weighted by Crippen LogP contribution is -2.31. The highest BCUT2D eigenvalue weighted by Gasteiger charge is 2.28. The molecule has 17 heavy (non-hydrogen) atoms. The number of carboxylic acids is 1. The van der Waals surface area contributed by atoms with Crippen LogP contribution in [-0.2, 0) is 27.8 Å². The maximum atomic E-state index is 12.0. The summed E-state index contributed by atoms with van der Waals surface area (Å²) in [5, 5.41) is 8.28. The van der Waals surface area contributed by atoms with Gasteiger partial charge in [0.25, 0.3) is 0 Å². The van der Waals surface area contributed by atoms with Gasteiger partial charge in [-0.05, 0) is 24.5 Å². The van der Waals surface area contributed by atoms with E-state index >= 15 is 0 Å². The average molecular weight is 274 g/mol. The molecule has 1 heterocycles. The quantitative estimate of drug-likeness (QED) is 0.867. The Kier molecular flexibility index (Phi) is 5.33. The normalized spacial score (nSPS) is 14.8. The maximum absolute atomic E-state index is 12.0. The first kappa shape index (κ1) is 14.4. The molecular weight excluding hydrogens is 256 g/mol. The van der Waals surface area contributed by atoms with Crippen LogP contribution in [0.4, 0.5) is 0 Å². The van der Waals surface area contributed by atoms with E-state index in [-0.39, 0.29) is 5.92 Å². The maximum Gasteiger partial charge on any atom is 0.319 e. The number of rotatable bonds is 6. The van der Waals surface area contributed by atoms with Crippen LogP contribution in [0, 0.1) is 5.92 Å². The number of hydrogen-bond donors (Lipinski definition) is 1. The molecule has 1 aromatic heterocycles. The molecule has 0 fully saturated rings. The molecular formula is C12H18O3S2. The Morgan fingerprint density at radius 3 is 2.41 bits per heavy atom. The fourth-order valence-corrected chi connectivity index (χ4v) is 4.35. The van der Waals surface area contributed by atoms with Crippen LogP contribution >= 0.6 is 11.3 Å². The van der Waals surface area contributed by atoms with Gasteiger partial charge in [-0.3, -0.25) is 9.00 Å². The zero-order valence-corrected chi connectivity index (χ0v) is 11.9. The molecule has 0 amide bonds. The SMILES string of the molecule is CCc1ccc(CS(=O)C(C(=O)O)C(C)C)s1. The summed E-state index contributed by atoms with van der Waals surface area (Å²) in [6.07, 6.45) is 0.962. The highest BCUT2D eigenvalue weighted by Crippen LogP contribution is 2.21. The van der Waals surface area contributed by atoms with Crippen LogP contribution in [-0.4, -0.2) is 20.5 Å². The second-order valence-corrected chi connectivity index (χ2v) is 7.06. The van der Waals surface area contributed by atoms with Gasteiger partial charge in [-0.2, -0.15) is 0 Å². The van der Waals surface area contributed by atoms with Gasteiger partial charge in [-0.1, -0.05) is 20.8 Å². The van der Waals surface area contributed by atoms with Gasteiger partial charge in [0.05, 0.1) is 5.75 Å². The van der Waals surface area contributed by atoms with Crippen molar-refractivity contribution in [2.45, 2.75) is 38.2 Å². The molecule has 0 radical (unpaired) electrons. The van der Waals surface area contributed by atoms with Gasteiger partial charge in [0.2, 0.25) is 0 Å². The highest BCUT2D eigenvalue weighted by molar-refractivity contribution is 7.85. The van der Waals surface area contributed by atoms with E-state index in [1.54, 1.807) is 25.2 Å². The minimum absolute atomic E-state index is 0.112. The number of aryl methyl sites for hydroxylation is 1. The fraction of sp³-hybridized carbons (Fsp3) is 0.583. The lowest BCUT2D eigenvalue weighted by atomic mass is 10.1. The van der Waals surface area contributed by atoms with Crippen molar-refractivity contribution in [1.29, 1.82) is 0 Å². The minimum Gasteiger partial charge on any atom is -0.480 e. The Bertz CT molecular complexity index is 410. The Morgan fingerprint density at radius 2 is 2.00 bits per heavy atom. The lowest BCUT2D eigenvalue weighted by Gasteiger charge is -2.14. The molecule has 0 saturated carbocycles. The molecule has 0 aliphatic rings. The van der Waals surface area contributed by atoms with Crippen LogP contribution in [0.25, 0.3) is 0 Å². The Morgan fingerprint density at radius 1 is 1.41 bits per heavy atom. The number of carboxylic acid groups (broad SMARTS) is 1. The van der Waals surface area contributed by atoms with Gasteiger partial charge in [-0.25, -0.2) is 0 Å². The fourth-order valence-electron chi connectivity index (χ4n) is 1.62. The molecule has 0 saturated heterocycles. The van der Waals surface area contributed by atoms with Crippen LogP contribution in [0.15, 0.2) is 12.1 Å². The van der Waals surface area contributed by atoms with Crippen LogP contribution < -0.4 is 0 Å². The van der Waals surface area contributed by atoms with Gasteiger partial charge in [-0.15, -0.1) is 11.3 Å². The first-order valence-electron chi connectivity index (χ1n) is 5.63. The summed E-state index contributed by atoms with van der Waals surface area (Å²) in [5.74, 6) is -0.732. The summed E-state index contributed by atoms with van der Waals surface area (Å²) in [4.78, 5) is 13.3. The molecule has 1 N–H and O–H groups in total. The molecule has 96 valence electrons. The van der Waals surface area contributed by atoms with Crippen molar-refractivity contribution >= 4 is 28.1 Å². The van der Waals surface area contributed by atoms with Crippen LogP contribution in [0.1, 0.15) is 30.5 Å². The van der Waals surface area contributed by atoms with Crippen molar-refractivity contribution in [2.24, 2.45) is 5.92 Å². The molecule has 2 unspecified atom stereocenters. The molecule has 0 aliphatic heterocycles. The van der Waals surface area contributed by atoms with E-state index in [4.69, 9.17) is 5.11 Å². The molecule has 1 aromatic rings. The van der Waals surface area contributed by atoms with Gasteiger partial charge in [0, 0.05) is 20.6 Å². The van der Waals surface area contributed by atoms with Crippen molar-refractivity contribution in [3.8, 4) is 0 Å². The van der Waals surface area contributed by atoms with Crippen LogP contribution in [0.3, 0.4) is 0 Å². The van der Waals surface area contributed by atoms with Gasteiger partial charge in [0.1, 0.15) is 5.25 Å². The smallest absolute Gasteiger partial charge is 0.319 e. The predicted octanol–water partition coefficient (Wildman–Crippen LogP) is 2.67. The minimum atomic E-state index is -1.35. The summed E-state index contributed by atoms with van der Waals surface area (Å²) >= 11 is 1.62. The molecule has 0 spiro atoms. The standard InChI is InChI=1S/C12H18O3S2/c1-4-9-5-6-10(16-9)7-17(15)11(8(2)3)12(13)14/h5-6,8,11H,4,7H2,1-3H3,(H,13,14). The monoisotopic (exact) mass is 274 g/mol. The zero-order valence-electron chi connectivity index (χ0n) is 10.3. The third-order valence-corrected chi connectivity index (χ3v) is 5.80. The van der Waals surface area contributed by atoms with Crippen molar-refractivity contribution in [1.82, 2.24) is 0 Å². The van der Waals surface area contributed by atoms with E-state index < -0.39 is 22.0 Å². The van der Waals surface area contributed by atoms with E-state index in [1.807, 2.05) is 12.1 Å². The van der Waals surface area contributed by atoms with E-state index in [0.717, 1.165) is 11.3 Å². The Labute approximate surface area is 108 Å². The number of aliphatic carboxylic acids is 1. The van der Waals surface area contributed by atoms with E-state index in [2.05, 4.69) is 6.92 Å². The van der Waals surface area contributed by atoms with Crippen molar-refractivity contribution in [3.05, 3.63) is 21.9 Å². The predicted molar refractivity (Wildman–Crippen MR) is 71.8 cm³/mol. The third kappa shape index (κ3) is 3.92. The van der Waals surface area contributed by atoms with Gasteiger partial charge in [0.15, 0.2) is 0 Å². The largest absolute Gasteiger partial charge is 0.480 e. The number of thiophene rings is 1. The summed E-state index contributed by atoms with van der Waals surface area (Å²) in [6, 6.07) is 3.96. The second-order valence-electron chi connectivity index (χ2n) is 4.25. The molecule has 2 atom stereocenters. The Balaban J connectivity index is 2.73. The highest BCUT2D eigenvalue weighted by atomic mass is 32.2. The first-order valence-corrected chi connectivity index (χ1v) is 7.83.